The van der Waals surface area contributed by atoms with Crippen molar-refractivity contribution in [3.05, 3.63) is 35.5 Å². The van der Waals surface area contributed by atoms with E-state index in [4.69, 9.17) is 0 Å². The minimum atomic E-state index is 0.438. The molecule has 2 aromatic rings. The van der Waals surface area contributed by atoms with Crippen LogP contribution in [0.1, 0.15) is 35.8 Å². The van der Waals surface area contributed by atoms with Crippen molar-refractivity contribution in [1.29, 1.82) is 0 Å². The second-order valence-corrected chi connectivity index (χ2v) is 5.47. The largest absolute Gasteiger partial charge is 0.316 e. The fourth-order valence-electron chi connectivity index (χ4n) is 2.64. The van der Waals surface area contributed by atoms with Crippen molar-refractivity contribution in [2.75, 3.05) is 18.4 Å². The molecule has 0 radical (unpaired) electrons. The first-order valence-electron chi connectivity index (χ1n) is 7.33. The summed E-state index contributed by atoms with van der Waals surface area (Å²) in [5.74, 6) is 1.71. The first-order valence-corrected chi connectivity index (χ1v) is 7.33. The molecule has 6 nitrogen and oxygen atoms in total. The van der Waals surface area contributed by atoms with Gasteiger partial charge in [-0.3, -0.25) is 4.98 Å². The van der Waals surface area contributed by atoms with Gasteiger partial charge >= 0.3 is 0 Å². The lowest BCUT2D eigenvalue weighted by Gasteiger charge is -2.22. The van der Waals surface area contributed by atoms with Gasteiger partial charge in [-0.2, -0.15) is 0 Å². The minimum Gasteiger partial charge on any atom is -0.316 e. The minimum absolute atomic E-state index is 0.438. The van der Waals surface area contributed by atoms with Gasteiger partial charge in [-0.05, 0) is 39.3 Å². The summed E-state index contributed by atoms with van der Waals surface area (Å²) in [6, 6.07) is 1.95. The van der Waals surface area contributed by atoms with E-state index >= 15 is 0 Å². The van der Waals surface area contributed by atoms with E-state index in [1.165, 1.54) is 6.42 Å². The molecule has 0 spiro atoms. The predicted molar refractivity (Wildman–Crippen MR) is 81.7 cm³/mol. The summed E-state index contributed by atoms with van der Waals surface area (Å²) in [6.07, 6.45) is 5.90. The molecule has 0 amide bonds. The van der Waals surface area contributed by atoms with Crippen molar-refractivity contribution in [2.45, 2.75) is 32.6 Å². The Morgan fingerprint density at radius 3 is 2.67 bits per heavy atom. The highest BCUT2D eigenvalue weighted by Crippen LogP contribution is 2.22. The Kier molecular flexibility index (Phi) is 4.06. The molecule has 0 saturated carbocycles. The Labute approximate surface area is 124 Å². The fraction of sp³-hybridized carbons (Fsp3) is 0.467. The Morgan fingerprint density at radius 2 is 1.95 bits per heavy atom. The van der Waals surface area contributed by atoms with Crippen LogP contribution in [0.4, 0.5) is 11.8 Å². The number of nitrogens with zero attached hydrogens (tertiary/aromatic N) is 4. The number of hydrogen-bond acceptors (Lipinski definition) is 6. The third kappa shape index (κ3) is 3.52. The molecule has 3 heterocycles. The number of hydrogen-bond donors (Lipinski definition) is 2. The van der Waals surface area contributed by atoms with Crippen LogP contribution in [0.25, 0.3) is 0 Å². The molecule has 2 N–H and O–H groups in total. The highest BCUT2D eigenvalue weighted by Gasteiger charge is 2.17. The zero-order valence-electron chi connectivity index (χ0n) is 12.4. The summed E-state index contributed by atoms with van der Waals surface area (Å²) in [5.41, 5.74) is 2.90. The lowest BCUT2D eigenvalue weighted by Crippen LogP contribution is -2.29. The molecule has 2 aromatic heterocycles. The van der Waals surface area contributed by atoms with Crippen molar-refractivity contribution in [3.8, 4) is 0 Å². The monoisotopic (exact) mass is 284 g/mol. The number of nitrogens with one attached hydrogen (secondary N) is 2. The van der Waals surface area contributed by atoms with Gasteiger partial charge in [0.2, 0.25) is 5.95 Å². The lowest BCUT2D eigenvalue weighted by molar-refractivity contribution is 0.454. The van der Waals surface area contributed by atoms with Crippen LogP contribution in [0.5, 0.6) is 0 Å². The van der Waals surface area contributed by atoms with Gasteiger partial charge < -0.3 is 10.6 Å². The second kappa shape index (κ2) is 6.13. The van der Waals surface area contributed by atoms with Crippen LogP contribution in [0.3, 0.4) is 0 Å². The molecule has 1 aliphatic heterocycles. The molecular weight excluding hydrogens is 264 g/mol. The summed E-state index contributed by atoms with van der Waals surface area (Å²) in [4.78, 5) is 17.7. The van der Waals surface area contributed by atoms with Crippen LogP contribution in [0.2, 0.25) is 0 Å². The lowest BCUT2D eigenvalue weighted by atomic mass is 9.96. The number of anilines is 2. The van der Waals surface area contributed by atoms with E-state index < -0.39 is 0 Å². The number of aryl methyl sites for hydroxylation is 2. The van der Waals surface area contributed by atoms with Gasteiger partial charge in [0.1, 0.15) is 0 Å². The van der Waals surface area contributed by atoms with Crippen LogP contribution in [0.15, 0.2) is 18.5 Å². The number of aromatic nitrogens is 4. The number of piperidine rings is 1. The van der Waals surface area contributed by atoms with E-state index in [0.29, 0.717) is 17.7 Å². The second-order valence-electron chi connectivity index (χ2n) is 5.47. The third-order valence-corrected chi connectivity index (χ3v) is 3.59. The molecule has 6 heteroatoms. The molecule has 1 fully saturated rings. The van der Waals surface area contributed by atoms with Crippen molar-refractivity contribution >= 4 is 11.8 Å². The summed E-state index contributed by atoms with van der Waals surface area (Å²) in [7, 11) is 0. The van der Waals surface area contributed by atoms with E-state index in [1.54, 1.807) is 6.20 Å². The van der Waals surface area contributed by atoms with Crippen LogP contribution >= 0.6 is 0 Å². The van der Waals surface area contributed by atoms with E-state index in [9.17, 15) is 0 Å². The molecule has 0 bridgehead atoms. The molecular formula is C15H20N6. The van der Waals surface area contributed by atoms with E-state index in [1.807, 2.05) is 26.1 Å². The van der Waals surface area contributed by atoms with Gasteiger partial charge in [-0.1, -0.05) is 0 Å². The summed E-state index contributed by atoms with van der Waals surface area (Å²) in [6.45, 7) is 5.97. The zero-order valence-corrected chi connectivity index (χ0v) is 12.4. The van der Waals surface area contributed by atoms with Crippen LogP contribution in [-0.4, -0.2) is 33.0 Å². The SMILES string of the molecule is Cc1cc(C)nc(Nc2cncc([C@H]3CCCNC3)n2)n1. The Balaban J connectivity index is 1.79. The van der Waals surface area contributed by atoms with Gasteiger partial charge in [0.15, 0.2) is 5.82 Å². The predicted octanol–water partition coefficient (Wildman–Crippen LogP) is 2.09. The zero-order chi connectivity index (χ0) is 14.7. The average molecular weight is 284 g/mol. The van der Waals surface area contributed by atoms with Crippen molar-refractivity contribution < 1.29 is 0 Å². The average Bonchev–Trinajstić information content (AvgIpc) is 2.47. The van der Waals surface area contributed by atoms with Gasteiger partial charge in [0, 0.05) is 30.0 Å². The first kappa shape index (κ1) is 13.9. The van der Waals surface area contributed by atoms with E-state index in [2.05, 4.69) is 30.6 Å². The summed E-state index contributed by atoms with van der Waals surface area (Å²) < 4.78 is 0. The van der Waals surface area contributed by atoms with Crippen LogP contribution in [-0.2, 0) is 0 Å². The standard InChI is InChI=1S/C15H20N6/c1-10-6-11(2)19-15(18-10)21-14-9-17-8-13(20-14)12-4-3-5-16-7-12/h6,8-9,12,16H,3-5,7H2,1-2H3,(H,18,19,20,21)/t12-/m0/s1. The first-order chi connectivity index (χ1) is 10.2. The maximum absolute atomic E-state index is 4.66. The molecule has 0 aromatic carbocycles. The molecule has 1 atom stereocenters. The molecule has 3 rings (SSSR count). The Hall–Kier alpha value is -2.08. The fourth-order valence-corrected chi connectivity index (χ4v) is 2.64. The summed E-state index contributed by atoms with van der Waals surface area (Å²) in [5, 5.41) is 6.55. The normalized spacial score (nSPS) is 18.5. The van der Waals surface area contributed by atoms with Crippen LogP contribution in [0, 0.1) is 13.8 Å². The number of rotatable bonds is 3. The van der Waals surface area contributed by atoms with Crippen molar-refractivity contribution in [2.24, 2.45) is 0 Å². The smallest absolute Gasteiger partial charge is 0.228 e. The third-order valence-electron chi connectivity index (χ3n) is 3.59. The van der Waals surface area contributed by atoms with E-state index in [-0.39, 0.29) is 0 Å². The maximum atomic E-state index is 4.66. The highest BCUT2D eigenvalue weighted by molar-refractivity contribution is 5.46. The molecule has 1 aliphatic rings. The van der Waals surface area contributed by atoms with Crippen molar-refractivity contribution in [1.82, 2.24) is 25.3 Å². The van der Waals surface area contributed by atoms with Gasteiger partial charge in [-0.25, -0.2) is 15.0 Å². The van der Waals surface area contributed by atoms with Gasteiger partial charge in [-0.15, -0.1) is 0 Å². The van der Waals surface area contributed by atoms with Crippen molar-refractivity contribution in [3.63, 3.8) is 0 Å². The quantitative estimate of drug-likeness (QED) is 0.899. The topological polar surface area (TPSA) is 75.6 Å². The van der Waals surface area contributed by atoms with Gasteiger partial charge in [0.25, 0.3) is 0 Å². The molecule has 0 aliphatic carbocycles. The van der Waals surface area contributed by atoms with Gasteiger partial charge in [0.05, 0.1) is 11.9 Å². The van der Waals surface area contributed by atoms with E-state index in [0.717, 1.165) is 36.6 Å². The summed E-state index contributed by atoms with van der Waals surface area (Å²) >= 11 is 0. The molecule has 0 unspecified atom stereocenters. The Bertz CT molecular complexity index is 601. The van der Waals surface area contributed by atoms with Crippen LogP contribution < -0.4 is 10.6 Å². The molecule has 1 saturated heterocycles. The highest BCUT2D eigenvalue weighted by atomic mass is 15.1. The molecule has 21 heavy (non-hydrogen) atoms. The molecule has 110 valence electrons. The maximum Gasteiger partial charge on any atom is 0.228 e. The Morgan fingerprint density at radius 1 is 1.14 bits per heavy atom.